The molecule has 1 aromatic carbocycles. The van der Waals surface area contributed by atoms with Crippen LogP contribution < -0.4 is 10.6 Å². The normalized spacial score (nSPS) is 12.4. The van der Waals surface area contributed by atoms with Gasteiger partial charge in [0.2, 0.25) is 5.91 Å². The second-order valence-corrected chi connectivity index (χ2v) is 6.18. The first-order chi connectivity index (χ1) is 11.0. The monoisotopic (exact) mass is 314 g/mol. The minimum absolute atomic E-state index is 0.0766. The highest BCUT2D eigenvalue weighted by molar-refractivity contribution is 5.76. The first-order valence-electron chi connectivity index (χ1n) is 8.08. The van der Waals surface area contributed by atoms with Crippen LogP contribution in [0.15, 0.2) is 36.5 Å². The molecular weight excluding hydrogens is 288 g/mol. The number of benzene rings is 1. The Morgan fingerprint density at radius 1 is 1.22 bits per heavy atom. The second-order valence-electron chi connectivity index (χ2n) is 6.18. The summed E-state index contributed by atoms with van der Waals surface area (Å²) >= 11 is 0. The molecule has 1 amide bonds. The molecule has 124 valence electrons. The van der Waals surface area contributed by atoms with Crippen LogP contribution >= 0.6 is 0 Å². The Morgan fingerprint density at radius 3 is 2.57 bits per heavy atom. The van der Waals surface area contributed by atoms with Crippen LogP contribution in [0.4, 0.5) is 0 Å². The molecule has 1 atom stereocenters. The van der Waals surface area contributed by atoms with Gasteiger partial charge in [-0.05, 0) is 39.8 Å². The van der Waals surface area contributed by atoms with E-state index in [4.69, 9.17) is 0 Å². The maximum Gasteiger partial charge on any atom is 0.221 e. The summed E-state index contributed by atoms with van der Waals surface area (Å²) in [5.41, 5.74) is 2.19. The van der Waals surface area contributed by atoms with E-state index in [1.54, 1.807) is 0 Å². The van der Waals surface area contributed by atoms with Gasteiger partial charge in [0.25, 0.3) is 0 Å². The third-order valence-corrected chi connectivity index (χ3v) is 3.60. The molecular formula is C18H26N4O. The lowest BCUT2D eigenvalue weighted by Crippen LogP contribution is -2.36. The first kappa shape index (κ1) is 17.2. The summed E-state index contributed by atoms with van der Waals surface area (Å²) < 4.78 is 2.13. The zero-order chi connectivity index (χ0) is 16.8. The molecule has 0 spiro atoms. The minimum Gasteiger partial charge on any atom is -0.354 e. The number of hydrogen-bond acceptors (Lipinski definition) is 3. The van der Waals surface area contributed by atoms with Gasteiger partial charge in [-0.15, -0.1) is 0 Å². The van der Waals surface area contributed by atoms with E-state index in [-0.39, 0.29) is 18.0 Å². The number of rotatable bonds is 7. The number of imidazole rings is 1. The fourth-order valence-electron chi connectivity index (χ4n) is 2.56. The van der Waals surface area contributed by atoms with Crippen LogP contribution in [0, 0.1) is 6.92 Å². The molecule has 1 heterocycles. The molecule has 0 aliphatic carbocycles. The third-order valence-electron chi connectivity index (χ3n) is 3.60. The molecule has 0 aliphatic rings. The van der Waals surface area contributed by atoms with Crippen molar-refractivity contribution in [2.75, 3.05) is 0 Å². The Hall–Kier alpha value is -2.14. The van der Waals surface area contributed by atoms with Crippen molar-refractivity contribution < 1.29 is 4.79 Å². The summed E-state index contributed by atoms with van der Waals surface area (Å²) in [4.78, 5) is 16.2. The molecule has 2 N–H and O–H groups in total. The highest BCUT2D eigenvalue weighted by Gasteiger charge is 2.12. The lowest BCUT2D eigenvalue weighted by atomic mass is 10.2. The summed E-state index contributed by atoms with van der Waals surface area (Å²) in [6.45, 7) is 8.63. The van der Waals surface area contributed by atoms with Crippen molar-refractivity contribution in [3.8, 4) is 5.69 Å². The molecule has 0 bridgehead atoms. The van der Waals surface area contributed by atoms with Crippen molar-refractivity contribution in [3.63, 3.8) is 0 Å². The highest BCUT2D eigenvalue weighted by atomic mass is 16.1. The van der Waals surface area contributed by atoms with Crippen molar-refractivity contribution >= 4 is 5.91 Å². The minimum atomic E-state index is 0.0766. The maximum absolute atomic E-state index is 11.8. The maximum atomic E-state index is 11.8. The lowest BCUT2D eigenvalue weighted by Gasteiger charge is -2.16. The fraction of sp³-hybridized carbons (Fsp3) is 0.444. The van der Waals surface area contributed by atoms with Crippen LogP contribution in [-0.4, -0.2) is 27.5 Å². The summed E-state index contributed by atoms with van der Waals surface area (Å²) in [7, 11) is 0. The Kier molecular flexibility index (Phi) is 5.93. The van der Waals surface area contributed by atoms with E-state index in [0.717, 1.165) is 17.2 Å². The number of nitrogens with one attached hydrogen (secondary N) is 2. The SMILES string of the molecule is Cc1ncc(CNC(C)CC(=O)NC(C)C)n1-c1ccccc1. The van der Waals surface area contributed by atoms with Crippen molar-refractivity contribution in [1.29, 1.82) is 0 Å². The van der Waals surface area contributed by atoms with E-state index in [9.17, 15) is 4.79 Å². The Labute approximate surface area is 138 Å². The molecule has 2 rings (SSSR count). The largest absolute Gasteiger partial charge is 0.354 e. The quantitative estimate of drug-likeness (QED) is 0.826. The standard InChI is InChI=1S/C18H26N4O/c1-13(2)21-18(23)10-14(3)19-11-17-12-20-15(4)22(17)16-8-6-5-7-9-16/h5-9,12-14,19H,10-11H2,1-4H3,(H,21,23). The van der Waals surface area contributed by atoms with E-state index in [1.807, 2.05) is 52.1 Å². The number of aryl methyl sites for hydroxylation is 1. The van der Waals surface area contributed by atoms with E-state index in [1.165, 1.54) is 0 Å². The molecule has 23 heavy (non-hydrogen) atoms. The van der Waals surface area contributed by atoms with Gasteiger partial charge in [0.05, 0.1) is 11.9 Å². The van der Waals surface area contributed by atoms with Crippen LogP contribution in [-0.2, 0) is 11.3 Å². The predicted octanol–water partition coefficient (Wildman–Crippen LogP) is 2.57. The van der Waals surface area contributed by atoms with E-state index in [2.05, 4.69) is 32.3 Å². The molecule has 1 unspecified atom stereocenters. The van der Waals surface area contributed by atoms with Crippen molar-refractivity contribution in [3.05, 3.63) is 48.0 Å². The Morgan fingerprint density at radius 2 is 1.91 bits per heavy atom. The molecule has 0 fully saturated rings. The summed E-state index contributed by atoms with van der Waals surface area (Å²) in [6, 6.07) is 10.5. The number of amides is 1. The number of aromatic nitrogens is 2. The van der Waals surface area contributed by atoms with Crippen LogP contribution in [0.5, 0.6) is 0 Å². The van der Waals surface area contributed by atoms with E-state index < -0.39 is 0 Å². The molecule has 1 aromatic heterocycles. The summed E-state index contributed by atoms with van der Waals surface area (Å²) in [5.74, 6) is 1.03. The fourth-order valence-corrected chi connectivity index (χ4v) is 2.56. The summed E-state index contributed by atoms with van der Waals surface area (Å²) in [5, 5.41) is 6.32. The van der Waals surface area contributed by atoms with Crippen LogP contribution in [0.1, 0.15) is 38.7 Å². The van der Waals surface area contributed by atoms with E-state index >= 15 is 0 Å². The number of hydrogen-bond donors (Lipinski definition) is 2. The van der Waals surface area contributed by atoms with Crippen LogP contribution in [0.2, 0.25) is 0 Å². The van der Waals surface area contributed by atoms with Crippen molar-refractivity contribution in [2.24, 2.45) is 0 Å². The molecule has 0 radical (unpaired) electrons. The topological polar surface area (TPSA) is 59.0 Å². The van der Waals surface area contributed by atoms with Crippen LogP contribution in [0.25, 0.3) is 5.69 Å². The zero-order valence-electron chi connectivity index (χ0n) is 14.3. The number of nitrogens with zero attached hydrogens (tertiary/aromatic N) is 2. The van der Waals surface area contributed by atoms with Gasteiger partial charge in [0.15, 0.2) is 0 Å². The molecule has 0 aliphatic heterocycles. The summed E-state index contributed by atoms with van der Waals surface area (Å²) in [6.07, 6.45) is 2.35. The van der Waals surface area contributed by atoms with Gasteiger partial charge < -0.3 is 10.6 Å². The number of carbonyl (C=O) groups excluding carboxylic acids is 1. The van der Waals surface area contributed by atoms with Gasteiger partial charge in [-0.3, -0.25) is 9.36 Å². The van der Waals surface area contributed by atoms with Crippen LogP contribution in [0.3, 0.4) is 0 Å². The molecule has 0 saturated heterocycles. The van der Waals surface area contributed by atoms with Gasteiger partial charge in [0, 0.05) is 30.7 Å². The predicted molar refractivity (Wildman–Crippen MR) is 92.5 cm³/mol. The van der Waals surface area contributed by atoms with Crippen molar-refractivity contribution in [1.82, 2.24) is 20.2 Å². The zero-order valence-corrected chi connectivity index (χ0v) is 14.3. The van der Waals surface area contributed by atoms with Gasteiger partial charge >= 0.3 is 0 Å². The Bertz CT molecular complexity index is 634. The lowest BCUT2D eigenvalue weighted by molar-refractivity contribution is -0.122. The van der Waals surface area contributed by atoms with E-state index in [0.29, 0.717) is 13.0 Å². The van der Waals surface area contributed by atoms with Gasteiger partial charge in [0.1, 0.15) is 5.82 Å². The first-order valence-corrected chi connectivity index (χ1v) is 8.08. The Balaban J connectivity index is 1.98. The molecule has 5 nitrogen and oxygen atoms in total. The number of para-hydroxylation sites is 1. The third kappa shape index (κ3) is 4.93. The smallest absolute Gasteiger partial charge is 0.221 e. The highest BCUT2D eigenvalue weighted by Crippen LogP contribution is 2.14. The average molecular weight is 314 g/mol. The molecule has 0 saturated carbocycles. The second kappa shape index (κ2) is 7.92. The van der Waals surface area contributed by atoms with Gasteiger partial charge in [-0.2, -0.15) is 0 Å². The van der Waals surface area contributed by atoms with Crippen molar-refractivity contribution in [2.45, 2.75) is 52.7 Å². The average Bonchev–Trinajstić information content (AvgIpc) is 2.86. The number of carbonyl (C=O) groups is 1. The van der Waals surface area contributed by atoms with Gasteiger partial charge in [-0.1, -0.05) is 18.2 Å². The molecule has 5 heteroatoms. The van der Waals surface area contributed by atoms with Gasteiger partial charge in [-0.25, -0.2) is 4.98 Å². The molecule has 2 aromatic rings.